The van der Waals surface area contributed by atoms with Crippen LogP contribution in [0.1, 0.15) is 28.8 Å². The predicted molar refractivity (Wildman–Crippen MR) is 100 cm³/mol. The van der Waals surface area contributed by atoms with Gasteiger partial charge in [-0.15, -0.1) is 11.8 Å². The van der Waals surface area contributed by atoms with Crippen molar-refractivity contribution in [2.45, 2.75) is 24.7 Å². The van der Waals surface area contributed by atoms with Gasteiger partial charge in [-0.3, -0.25) is 14.5 Å². The van der Waals surface area contributed by atoms with Crippen molar-refractivity contribution in [3.8, 4) is 0 Å². The van der Waals surface area contributed by atoms with Gasteiger partial charge in [0.1, 0.15) is 16.8 Å². The summed E-state index contributed by atoms with van der Waals surface area (Å²) in [6.07, 6.45) is 1.73. The number of piperidine rings is 1. The Bertz CT molecular complexity index is 819. The van der Waals surface area contributed by atoms with Crippen molar-refractivity contribution >= 4 is 29.1 Å². The summed E-state index contributed by atoms with van der Waals surface area (Å²) in [6.45, 7) is 3.98. The molecule has 0 radical (unpaired) electrons. The Kier molecular flexibility index (Phi) is 4.35. The highest BCUT2D eigenvalue weighted by atomic mass is 32.2. The maximum atomic E-state index is 12.4. The molecule has 1 unspecified atom stereocenters. The molecule has 1 atom stereocenters. The van der Waals surface area contributed by atoms with Crippen molar-refractivity contribution in [3.05, 3.63) is 40.3 Å². The van der Waals surface area contributed by atoms with Crippen molar-refractivity contribution < 1.29 is 23.8 Å². The predicted octanol–water partition coefficient (Wildman–Crippen LogP) is 2.09. The number of likely N-dealkylation sites (tertiary alicyclic amines) is 1. The van der Waals surface area contributed by atoms with Gasteiger partial charge in [0.2, 0.25) is 11.6 Å². The van der Waals surface area contributed by atoms with E-state index < -0.39 is 11.6 Å². The Hall–Kier alpha value is -1.67. The fraction of sp³-hybridized carbons (Fsp3) is 0.500. The lowest BCUT2D eigenvalue weighted by Gasteiger charge is -2.39. The summed E-state index contributed by atoms with van der Waals surface area (Å²) in [5.41, 5.74) is 1.18. The first-order valence-electron chi connectivity index (χ1n) is 9.38. The summed E-state index contributed by atoms with van der Waals surface area (Å²) in [5, 5.41) is 0. The monoisotopic (exact) mass is 387 g/mol. The molecule has 0 bridgehead atoms. The van der Waals surface area contributed by atoms with Gasteiger partial charge in [0.05, 0.1) is 13.2 Å². The van der Waals surface area contributed by atoms with E-state index in [0.29, 0.717) is 35.2 Å². The average molecular weight is 387 g/mol. The number of hydrogen-bond acceptors (Lipinski definition) is 7. The third-order valence-electron chi connectivity index (χ3n) is 5.63. The summed E-state index contributed by atoms with van der Waals surface area (Å²) >= 11 is 1.45. The van der Waals surface area contributed by atoms with Gasteiger partial charge in [0, 0.05) is 49.4 Å². The van der Waals surface area contributed by atoms with Crippen LogP contribution in [0.3, 0.4) is 0 Å². The summed E-state index contributed by atoms with van der Waals surface area (Å²) in [7, 11) is 0. The van der Waals surface area contributed by atoms with Gasteiger partial charge in [0.25, 0.3) is 0 Å². The van der Waals surface area contributed by atoms with Crippen molar-refractivity contribution in [1.29, 1.82) is 0 Å². The molecule has 6 nitrogen and oxygen atoms in total. The van der Waals surface area contributed by atoms with E-state index in [2.05, 4.69) is 4.90 Å². The lowest BCUT2D eigenvalue weighted by atomic mass is 9.93. The molecule has 142 valence electrons. The molecule has 3 heterocycles. The molecular formula is C20H21NO5S. The van der Waals surface area contributed by atoms with E-state index in [9.17, 15) is 9.59 Å². The topological polar surface area (TPSA) is 65.1 Å². The van der Waals surface area contributed by atoms with Crippen molar-refractivity contribution in [2.24, 2.45) is 0 Å². The van der Waals surface area contributed by atoms with Crippen LogP contribution in [-0.4, -0.2) is 67.0 Å². The Labute approximate surface area is 161 Å². The summed E-state index contributed by atoms with van der Waals surface area (Å²) < 4.78 is 17.8. The van der Waals surface area contributed by atoms with E-state index >= 15 is 0 Å². The highest BCUT2D eigenvalue weighted by Crippen LogP contribution is 2.41. The molecule has 4 aliphatic rings. The van der Waals surface area contributed by atoms with Crippen molar-refractivity contribution in [3.63, 3.8) is 0 Å². The van der Waals surface area contributed by atoms with Gasteiger partial charge in [-0.1, -0.05) is 24.3 Å². The van der Waals surface area contributed by atoms with E-state index in [1.165, 1.54) is 11.8 Å². The van der Waals surface area contributed by atoms with Gasteiger partial charge in [-0.25, -0.2) is 0 Å². The lowest BCUT2D eigenvalue weighted by molar-refractivity contribution is -0.186. The van der Waals surface area contributed by atoms with Crippen LogP contribution >= 0.6 is 11.8 Å². The molecular weight excluding hydrogens is 366 g/mol. The molecule has 1 aromatic rings. The second-order valence-electron chi connectivity index (χ2n) is 7.32. The number of benzene rings is 1. The van der Waals surface area contributed by atoms with Crippen LogP contribution in [0.15, 0.2) is 29.2 Å². The molecule has 7 heteroatoms. The van der Waals surface area contributed by atoms with E-state index in [-0.39, 0.29) is 11.9 Å². The molecule has 1 spiro atoms. The Balaban J connectivity index is 1.29. The second-order valence-corrected chi connectivity index (χ2v) is 8.35. The van der Waals surface area contributed by atoms with Gasteiger partial charge in [-0.05, 0) is 0 Å². The Morgan fingerprint density at radius 1 is 1.04 bits per heavy atom. The number of ether oxygens (including phenoxy) is 3. The van der Waals surface area contributed by atoms with Crippen LogP contribution < -0.4 is 0 Å². The number of allylic oxidation sites excluding steroid dienone is 1. The smallest absolute Gasteiger partial charge is 0.243 e. The number of nitrogens with zero attached hydrogens (tertiary/aromatic N) is 1. The van der Waals surface area contributed by atoms with E-state index in [1.807, 2.05) is 12.1 Å². The van der Waals surface area contributed by atoms with Crippen LogP contribution in [0.5, 0.6) is 0 Å². The lowest BCUT2D eigenvalue weighted by Crippen LogP contribution is -2.48. The number of thioether (sulfide) groups is 1. The highest BCUT2D eigenvalue weighted by Gasteiger charge is 2.42. The average Bonchev–Trinajstić information content (AvgIpc) is 3.16. The minimum absolute atomic E-state index is 0.0118. The fourth-order valence-corrected chi connectivity index (χ4v) is 5.23. The van der Waals surface area contributed by atoms with E-state index in [0.717, 1.165) is 38.0 Å². The largest absolute Gasteiger partial charge is 0.486 e. The molecule has 0 amide bonds. The molecule has 1 aromatic carbocycles. The number of carbonyl (C=O) groups is 2. The first-order chi connectivity index (χ1) is 13.2. The Morgan fingerprint density at radius 3 is 2.48 bits per heavy atom. The first-order valence-corrected chi connectivity index (χ1v) is 10.4. The molecule has 3 aliphatic heterocycles. The zero-order valence-electron chi connectivity index (χ0n) is 14.9. The number of hydrogen-bond donors (Lipinski definition) is 0. The molecule has 0 aromatic heterocycles. The van der Waals surface area contributed by atoms with Crippen LogP contribution in [-0.2, 0) is 19.0 Å². The third-order valence-corrected chi connectivity index (χ3v) is 6.82. The van der Waals surface area contributed by atoms with Crippen molar-refractivity contribution in [1.82, 2.24) is 4.90 Å². The SMILES string of the molecule is O=C1C(=O)c2ccccc2C2=C1SCC(CN1CCC3(CC1)OCCO3)O2. The number of fused-ring (bicyclic) bond motifs is 2. The summed E-state index contributed by atoms with van der Waals surface area (Å²) in [6, 6.07) is 7.20. The second kappa shape index (κ2) is 6.74. The highest BCUT2D eigenvalue weighted by molar-refractivity contribution is 8.04. The molecule has 1 aliphatic carbocycles. The zero-order valence-corrected chi connectivity index (χ0v) is 15.8. The van der Waals surface area contributed by atoms with Gasteiger partial charge >= 0.3 is 0 Å². The summed E-state index contributed by atoms with van der Waals surface area (Å²) in [5.74, 6) is 0.00441. The standard InChI is InChI=1S/C20H21NO5S/c22-16-14-3-1-2-4-15(14)18-19(17(16)23)27-12-13(26-18)11-21-7-5-20(6-8-21)24-9-10-25-20/h1-4,13H,5-12H2. The van der Waals surface area contributed by atoms with E-state index in [4.69, 9.17) is 14.2 Å². The van der Waals surface area contributed by atoms with Crippen LogP contribution in [0, 0.1) is 0 Å². The van der Waals surface area contributed by atoms with Gasteiger partial charge < -0.3 is 14.2 Å². The molecule has 0 N–H and O–H groups in total. The van der Waals surface area contributed by atoms with E-state index in [1.54, 1.807) is 12.1 Å². The fourth-order valence-electron chi connectivity index (χ4n) is 4.19. The minimum Gasteiger partial charge on any atom is -0.486 e. The molecule has 5 rings (SSSR count). The van der Waals surface area contributed by atoms with Crippen LogP contribution in [0.25, 0.3) is 5.76 Å². The normalized spacial score (nSPS) is 27.5. The minimum atomic E-state index is -0.442. The van der Waals surface area contributed by atoms with Crippen LogP contribution in [0.2, 0.25) is 0 Å². The quantitative estimate of drug-likeness (QED) is 0.720. The van der Waals surface area contributed by atoms with Crippen LogP contribution in [0.4, 0.5) is 0 Å². The van der Waals surface area contributed by atoms with Gasteiger partial charge in [0.15, 0.2) is 5.79 Å². The van der Waals surface area contributed by atoms with Crippen molar-refractivity contribution in [2.75, 3.05) is 38.6 Å². The maximum Gasteiger partial charge on any atom is 0.243 e. The molecule has 2 fully saturated rings. The Morgan fingerprint density at radius 2 is 1.74 bits per heavy atom. The zero-order chi connectivity index (χ0) is 18.4. The maximum absolute atomic E-state index is 12.4. The number of ketones is 2. The van der Waals surface area contributed by atoms with Gasteiger partial charge in [-0.2, -0.15) is 0 Å². The molecule has 27 heavy (non-hydrogen) atoms. The number of carbonyl (C=O) groups excluding carboxylic acids is 2. The third kappa shape index (κ3) is 3.02. The first kappa shape index (κ1) is 17.4. The molecule has 2 saturated heterocycles. The molecule has 0 saturated carbocycles. The number of Topliss-reactive ketones (excluding diaryl/α,β-unsaturated/α-hetero) is 2. The number of rotatable bonds is 2. The summed E-state index contributed by atoms with van der Waals surface area (Å²) in [4.78, 5) is 27.6.